The van der Waals surface area contributed by atoms with Gasteiger partial charge in [0.05, 0.1) is 0 Å². The van der Waals surface area contributed by atoms with E-state index in [4.69, 9.17) is 0 Å². The van der Waals surface area contributed by atoms with Gasteiger partial charge in [0.2, 0.25) is 5.91 Å². The first-order valence-electron chi connectivity index (χ1n) is 6.57. The van der Waals surface area contributed by atoms with E-state index < -0.39 is 0 Å². The number of nitrogens with zero attached hydrogens (tertiary/aromatic N) is 2. The van der Waals surface area contributed by atoms with E-state index in [-0.39, 0.29) is 11.3 Å². The quantitative estimate of drug-likeness (QED) is 0.649. The predicted octanol–water partition coefficient (Wildman–Crippen LogP) is 1.89. The van der Waals surface area contributed by atoms with Crippen LogP contribution in [0.3, 0.4) is 0 Å². The summed E-state index contributed by atoms with van der Waals surface area (Å²) >= 11 is 0. The minimum atomic E-state index is -0.0434. The molecule has 2 rings (SSSR count). The number of hydrogen-bond acceptors (Lipinski definition) is 2. The number of piperidine rings is 1. The third kappa shape index (κ3) is 2.13. The molecule has 17 heavy (non-hydrogen) atoms. The standard InChI is InChI=1S/C14H24N2O/c1-10(2)15-6-7-16-12(9-15)8-14(4,5)11(3)13(16)17/h10,12H,3,6-9H2,1-2,4-5H3. The Morgan fingerprint density at radius 1 is 1.35 bits per heavy atom. The van der Waals surface area contributed by atoms with E-state index in [0.29, 0.717) is 12.1 Å². The average Bonchev–Trinajstić information content (AvgIpc) is 2.25. The maximum Gasteiger partial charge on any atom is 0.250 e. The molecule has 0 N–H and O–H groups in total. The van der Waals surface area contributed by atoms with Crippen LogP contribution in [-0.2, 0) is 4.79 Å². The first kappa shape index (κ1) is 12.6. The highest BCUT2D eigenvalue weighted by atomic mass is 16.2. The van der Waals surface area contributed by atoms with Crippen molar-refractivity contribution in [2.45, 2.75) is 46.2 Å². The average molecular weight is 236 g/mol. The topological polar surface area (TPSA) is 23.6 Å². The summed E-state index contributed by atoms with van der Waals surface area (Å²) in [6, 6.07) is 0.944. The summed E-state index contributed by atoms with van der Waals surface area (Å²) in [7, 11) is 0. The zero-order valence-electron chi connectivity index (χ0n) is 11.5. The molecule has 0 bridgehead atoms. The van der Waals surface area contributed by atoms with Gasteiger partial charge in [-0.25, -0.2) is 0 Å². The third-order valence-corrected chi connectivity index (χ3v) is 4.33. The molecular weight excluding hydrogens is 212 g/mol. The molecular formula is C14H24N2O. The molecule has 2 heterocycles. The highest BCUT2D eigenvalue weighted by Crippen LogP contribution is 2.39. The molecule has 1 atom stereocenters. The Labute approximate surface area is 104 Å². The van der Waals surface area contributed by atoms with Crippen LogP contribution < -0.4 is 0 Å². The van der Waals surface area contributed by atoms with Crippen LogP contribution in [0.25, 0.3) is 0 Å². The van der Waals surface area contributed by atoms with E-state index >= 15 is 0 Å². The lowest BCUT2D eigenvalue weighted by Crippen LogP contribution is -2.61. The Balaban J connectivity index is 2.16. The second-order valence-corrected chi connectivity index (χ2v) is 6.31. The summed E-state index contributed by atoms with van der Waals surface area (Å²) in [4.78, 5) is 16.8. The van der Waals surface area contributed by atoms with E-state index in [1.165, 1.54) is 0 Å². The van der Waals surface area contributed by atoms with Gasteiger partial charge in [-0.2, -0.15) is 0 Å². The van der Waals surface area contributed by atoms with Crippen LogP contribution in [0.15, 0.2) is 12.2 Å². The minimum absolute atomic E-state index is 0.0434. The van der Waals surface area contributed by atoms with Crippen molar-refractivity contribution in [3.63, 3.8) is 0 Å². The third-order valence-electron chi connectivity index (χ3n) is 4.33. The van der Waals surface area contributed by atoms with Crippen molar-refractivity contribution < 1.29 is 4.79 Å². The number of piperazine rings is 1. The number of rotatable bonds is 1. The van der Waals surface area contributed by atoms with Crippen molar-refractivity contribution in [1.29, 1.82) is 0 Å². The van der Waals surface area contributed by atoms with Gasteiger partial charge in [0, 0.05) is 37.3 Å². The van der Waals surface area contributed by atoms with Gasteiger partial charge in [0.25, 0.3) is 0 Å². The van der Waals surface area contributed by atoms with Gasteiger partial charge in [-0.15, -0.1) is 0 Å². The van der Waals surface area contributed by atoms with E-state index in [9.17, 15) is 4.79 Å². The minimum Gasteiger partial charge on any atom is -0.333 e. The molecule has 3 nitrogen and oxygen atoms in total. The fourth-order valence-electron chi connectivity index (χ4n) is 2.97. The van der Waals surface area contributed by atoms with E-state index in [1.807, 2.05) is 4.90 Å². The van der Waals surface area contributed by atoms with Crippen molar-refractivity contribution >= 4 is 5.91 Å². The monoisotopic (exact) mass is 236 g/mol. The largest absolute Gasteiger partial charge is 0.333 e. The first-order valence-corrected chi connectivity index (χ1v) is 6.57. The Kier molecular flexibility index (Phi) is 3.06. The van der Waals surface area contributed by atoms with Gasteiger partial charge in [-0.1, -0.05) is 20.4 Å². The summed E-state index contributed by atoms with van der Waals surface area (Å²) in [6.45, 7) is 15.6. The molecule has 0 saturated carbocycles. The summed E-state index contributed by atoms with van der Waals surface area (Å²) < 4.78 is 0. The van der Waals surface area contributed by atoms with Crippen LogP contribution in [0.1, 0.15) is 34.1 Å². The molecule has 0 aromatic heterocycles. The molecule has 0 aliphatic carbocycles. The maximum absolute atomic E-state index is 12.3. The normalized spacial score (nSPS) is 29.7. The fourth-order valence-corrected chi connectivity index (χ4v) is 2.97. The summed E-state index contributed by atoms with van der Waals surface area (Å²) in [6.07, 6.45) is 1.04. The Morgan fingerprint density at radius 2 is 2.00 bits per heavy atom. The molecule has 1 unspecified atom stereocenters. The van der Waals surface area contributed by atoms with Crippen LogP contribution >= 0.6 is 0 Å². The van der Waals surface area contributed by atoms with Crippen molar-refractivity contribution in [3.05, 3.63) is 12.2 Å². The van der Waals surface area contributed by atoms with Crippen LogP contribution in [0.4, 0.5) is 0 Å². The Bertz CT molecular complexity index is 346. The number of carbonyl (C=O) groups is 1. The molecule has 2 saturated heterocycles. The van der Waals surface area contributed by atoms with E-state index in [0.717, 1.165) is 31.6 Å². The second kappa shape index (κ2) is 4.13. The smallest absolute Gasteiger partial charge is 0.250 e. The molecule has 1 amide bonds. The highest BCUT2D eigenvalue weighted by molar-refractivity contribution is 5.95. The van der Waals surface area contributed by atoms with Crippen molar-refractivity contribution in [3.8, 4) is 0 Å². The number of fused-ring (bicyclic) bond motifs is 1. The van der Waals surface area contributed by atoms with Crippen molar-refractivity contribution in [1.82, 2.24) is 9.80 Å². The number of amides is 1. The van der Waals surface area contributed by atoms with Crippen LogP contribution in [0.2, 0.25) is 0 Å². The summed E-state index contributed by atoms with van der Waals surface area (Å²) in [5.41, 5.74) is 0.741. The van der Waals surface area contributed by atoms with Gasteiger partial charge < -0.3 is 4.90 Å². The van der Waals surface area contributed by atoms with Crippen LogP contribution in [0, 0.1) is 5.41 Å². The van der Waals surface area contributed by atoms with Gasteiger partial charge in [-0.3, -0.25) is 9.69 Å². The lowest BCUT2D eigenvalue weighted by Gasteiger charge is -2.50. The molecule has 0 radical (unpaired) electrons. The summed E-state index contributed by atoms with van der Waals surface area (Å²) in [5.74, 6) is 0.176. The molecule has 3 heteroatoms. The number of carbonyl (C=O) groups excluding carboxylic acids is 1. The van der Waals surface area contributed by atoms with Gasteiger partial charge in [-0.05, 0) is 25.7 Å². The van der Waals surface area contributed by atoms with E-state index in [1.54, 1.807) is 0 Å². The Hall–Kier alpha value is -0.830. The van der Waals surface area contributed by atoms with Crippen molar-refractivity contribution in [2.24, 2.45) is 5.41 Å². The molecule has 2 aliphatic rings. The highest BCUT2D eigenvalue weighted by Gasteiger charge is 2.43. The van der Waals surface area contributed by atoms with Crippen molar-refractivity contribution in [2.75, 3.05) is 19.6 Å². The van der Waals surface area contributed by atoms with Gasteiger partial charge in [0.1, 0.15) is 0 Å². The molecule has 0 spiro atoms. The molecule has 2 fully saturated rings. The lowest BCUT2D eigenvalue weighted by atomic mass is 9.74. The van der Waals surface area contributed by atoms with Crippen LogP contribution in [-0.4, -0.2) is 47.4 Å². The lowest BCUT2D eigenvalue weighted by molar-refractivity contribution is -0.138. The zero-order valence-corrected chi connectivity index (χ0v) is 11.5. The maximum atomic E-state index is 12.3. The van der Waals surface area contributed by atoms with Crippen LogP contribution in [0.5, 0.6) is 0 Å². The Morgan fingerprint density at radius 3 is 2.59 bits per heavy atom. The SMILES string of the molecule is C=C1C(=O)N2CCN(C(C)C)CC2CC1(C)C. The zero-order chi connectivity index (χ0) is 12.8. The molecule has 0 aromatic carbocycles. The molecule has 96 valence electrons. The summed E-state index contributed by atoms with van der Waals surface area (Å²) in [5, 5.41) is 0. The second-order valence-electron chi connectivity index (χ2n) is 6.31. The van der Waals surface area contributed by atoms with Gasteiger partial charge in [0.15, 0.2) is 0 Å². The predicted molar refractivity (Wildman–Crippen MR) is 69.7 cm³/mol. The first-order chi connectivity index (χ1) is 7.83. The molecule has 0 aromatic rings. The van der Waals surface area contributed by atoms with E-state index in [2.05, 4.69) is 39.2 Å². The molecule has 2 aliphatic heterocycles. The fraction of sp³-hybridized carbons (Fsp3) is 0.786. The van der Waals surface area contributed by atoms with Gasteiger partial charge >= 0.3 is 0 Å². The number of hydrogen-bond donors (Lipinski definition) is 0.